The van der Waals surface area contributed by atoms with E-state index in [4.69, 9.17) is 4.74 Å². The Bertz CT molecular complexity index is 478. The van der Waals surface area contributed by atoms with Gasteiger partial charge in [-0.3, -0.25) is 0 Å². The van der Waals surface area contributed by atoms with Crippen molar-refractivity contribution in [2.45, 2.75) is 17.2 Å². The minimum Gasteiger partial charge on any atom is -0.381 e. The van der Waals surface area contributed by atoms with Crippen LogP contribution >= 0.6 is 11.3 Å². The molecule has 0 aliphatic carbocycles. The highest BCUT2D eigenvalue weighted by Crippen LogP contribution is 2.21. The number of hydrogen-bond acceptors (Lipinski definition) is 5. The Morgan fingerprint density at radius 2 is 2.33 bits per heavy atom. The van der Waals surface area contributed by atoms with Gasteiger partial charge in [0.25, 0.3) is 0 Å². The first-order valence-electron chi connectivity index (χ1n) is 5.92. The largest absolute Gasteiger partial charge is 0.381 e. The van der Waals surface area contributed by atoms with Crippen molar-refractivity contribution in [2.75, 3.05) is 26.8 Å². The first-order valence-corrected chi connectivity index (χ1v) is 8.22. The lowest BCUT2D eigenvalue weighted by Crippen LogP contribution is -2.29. The van der Waals surface area contributed by atoms with Crippen molar-refractivity contribution < 1.29 is 13.2 Å². The van der Waals surface area contributed by atoms with E-state index in [1.54, 1.807) is 6.07 Å². The number of rotatable bonds is 6. The molecule has 2 N–H and O–H groups in total. The molecule has 0 saturated carbocycles. The van der Waals surface area contributed by atoms with E-state index in [1.807, 2.05) is 13.1 Å². The molecular weight excluding hydrogens is 272 g/mol. The van der Waals surface area contributed by atoms with Gasteiger partial charge in [0.05, 0.1) is 6.61 Å². The highest BCUT2D eigenvalue weighted by molar-refractivity contribution is 7.91. The molecule has 1 aromatic rings. The molecule has 1 aliphatic rings. The molecule has 1 saturated heterocycles. The minimum atomic E-state index is -3.36. The molecule has 102 valence electrons. The molecule has 0 bridgehead atoms. The Balaban J connectivity index is 1.95. The summed E-state index contributed by atoms with van der Waals surface area (Å²) in [4.78, 5) is 1.02. The van der Waals surface area contributed by atoms with Crippen LogP contribution in [0.4, 0.5) is 0 Å². The van der Waals surface area contributed by atoms with E-state index in [0.29, 0.717) is 29.8 Å². The van der Waals surface area contributed by atoms with Crippen LogP contribution in [-0.2, 0) is 21.3 Å². The molecule has 0 radical (unpaired) electrons. The van der Waals surface area contributed by atoms with Crippen molar-refractivity contribution in [1.29, 1.82) is 0 Å². The van der Waals surface area contributed by atoms with Gasteiger partial charge in [-0.1, -0.05) is 0 Å². The fourth-order valence-electron chi connectivity index (χ4n) is 1.81. The average molecular weight is 290 g/mol. The lowest BCUT2D eigenvalue weighted by molar-refractivity contribution is 0.186. The summed E-state index contributed by atoms with van der Waals surface area (Å²) in [6.45, 7) is 2.54. The van der Waals surface area contributed by atoms with Gasteiger partial charge in [-0.05, 0) is 31.5 Å². The summed E-state index contributed by atoms with van der Waals surface area (Å²) in [6.07, 6.45) is 0.929. The van der Waals surface area contributed by atoms with Gasteiger partial charge in [0.15, 0.2) is 0 Å². The average Bonchev–Trinajstić information content (AvgIpc) is 2.98. The maximum atomic E-state index is 12.0. The smallest absolute Gasteiger partial charge is 0.250 e. The normalized spacial score (nSPS) is 20.4. The third-order valence-corrected chi connectivity index (χ3v) is 5.84. The van der Waals surface area contributed by atoms with Crippen LogP contribution in [-0.4, -0.2) is 35.2 Å². The second-order valence-corrected chi connectivity index (χ2v) is 7.49. The molecule has 18 heavy (non-hydrogen) atoms. The maximum absolute atomic E-state index is 12.0. The Hall–Kier alpha value is -0.470. The van der Waals surface area contributed by atoms with Crippen LogP contribution in [0, 0.1) is 5.92 Å². The van der Waals surface area contributed by atoms with Gasteiger partial charge in [0.1, 0.15) is 4.21 Å². The zero-order chi connectivity index (χ0) is 13.0. The van der Waals surface area contributed by atoms with Crippen molar-refractivity contribution in [3.63, 3.8) is 0 Å². The predicted molar refractivity (Wildman–Crippen MR) is 71.2 cm³/mol. The molecule has 1 aromatic heterocycles. The van der Waals surface area contributed by atoms with Crippen LogP contribution in [0.15, 0.2) is 16.3 Å². The zero-order valence-corrected chi connectivity index (χ0v) is 11.9. The second kappa shape index (κ2) is 6.12. The molecule has 5 nitrogen and oxygen atoms in total. The first kappa shape index (κ1) is 14.0. The Morgan fingerprint density at radius 1 is 1.50 bits per heavy atom. The molecule has 2 rings (SSSR count). The summed E-state index contributed by atoms with van der Waals surface area (Å²) in [5.41, 5.74) is 0. The third kappa shape index (κ3) is 3.52. The van der Waals surface area contributed by atoms with Gasteiger partial charge < -0.3 is 10.1 Å². The summed E-state index contributed by atoms with van der Waals surface area (Å²) < 4.78 is 32.3. The molecule has 0 spiro atoms. The van der Waals surface area contributed by atoms with Gasteiger partial charge >= 0.3 is 0 Å². The number of sulfonamides is 1. The van der Waals surface area contributed by atoms with E-state index in [2.05, 4.69) is 10.0 Å². The monoisotopic (exact) mass is 290 g/mol. The van der Waals surface area contributed by atoms with E-state index < -0.39 is 10.0 Å². The van der Waals surface area contributed by atoms with Crippen LogP contribution in [0.3, 0.4) is 0 Å². The molecular formula is C11H18N2O3S2. The van der Waals surface area contributed by atoms with Crippen LogP contribution < -0.4 is 10.0 Å². The molecule has 7 heteroatoms. The Morgan fingerprint density at radius 3 is 3.00 bits per heavy atom. The lowest BCUT2D eigenvalue weighted by Gasteiger charge is -2.08. The summed E-state index contributed by atoms with van der Waals surface area (Å²) in [7, 11) is -1.52. The van der Waals surface area contributed by atoms with Crippen LogP contribution in [0.25, 0.3) is 0 Å². The fraction of sp³-hybridized carbons (Fsp3) is 0.636. The van der Waals surface area contributed by atoms with E-state index in [9.17, 15) is 8.42 Å². The van der Waals surface area contributed by atoms with Crippen molar-refractivity contribution >= 4 is 21.4 Å². The highest BCUT2D eigenvalue weighted by atomic mass is 32.2. The summed E-state index contributed by atoms with van der Waals surface area (Å²) >= 11 is 1.30. The van der Waals surface area contributed by atoms with Crippen LogP contribution in [0.1, 0.15) is 11.3 Å². The van der Waals surface area contributed by atoms with Crippen molar-refractivity contribution in [3.8, 4) is 0 Å². The highest BCUT2D eigenvalue weighted by Gasteiger charge is 2.21. The summed E-state index contributed by atoms with van der Waals surface area (Å²) in [6, 6.07) is 3.50. The van der Waals surface area contributed by atoms with E-state index in [0.717, 1.165) is 17.9 Å². The maximum Gasteiger partial charge on any atom is 0.250 e. The summed E-state index contributed by atoms with van der Waals surface area (Å²) in [5, 5.41) is 3.00. The standard InChI is InChI=1S/C11H18N2O3S2/c1-12-7-10-2-3-11(17-10)18(14,15)13-6-9-4-5-16-8-9/h2-3,9,12-13H,4-8H2,1H3. The quantitative estimate of drug-likeness (QED) is 0.812. The molecule has 0 aromatic carbocycles. The fourth-order valence-corrected chi connectivity index (χ4v) is 4.34. The molecule has 1 aliphatic heterocycles. The SMILES string of the molecule is CNCc1ccc(S(=O)(=O)NCC2CCOC2)s1. The number of hydrogen-bond donors (Lipinski definition) is 2. The van der Waals surface area contributed by atoms with Gasteiger partial charge in [0, 0.05) is 24.6 Å². The topological polar surface area (TPSA) is 67.4 Å². The minimum absolute atomic E-state index is 0.302. The molecule has 1 unspecified atom stereocenters. The second-order valence-electron chi connectivity index (χ2n) is 4.33. The van der Waals surface area contributed by atoms with Gasteiger partial charge in [-0.15, -0.1) is 11.3 Å². The van der Waals surface area contributed by atoms with Crippen LogP contribution in [0.5, 0.6) is 0 Å². The van der Waals surface area contributed by atoms with E-state index in [1.165, 1.54) is 11.3 Å². The molecule has 2 heterocycles. The lowest BCUT2D eigenvalue weighted by atomic mass is 10.1. The summed E-state index contributed by atoms with van der Waals surface area (Å²) in [5.74, 6) is 0.302. The predicted octanol–water partition coefficient (Wildman–Crippen LogP) is 0.782. The van der Waals surface area contributed by atoms with Crippen molar-refractivity contribution in [3.05, 3.63) is 17.0 Å². The van der Waals surface area contributed by atoms with Crippen LogP contribution in [0.2, 0.25) is 0 Å². The Labute approximate surface area is 112 Å². The zero-order valence-electron chi connectivity index (χ0n) is 10.3. The van der Waals surface area contributed by atoms with Gasteiger partial charge in [-0.2, -0.15) is 0 Å². The molecule has 1 atom stereocenters. The third-order valence-electron chi connectivity index (χ3n) is 2.84. The first-order chi connectivity index (χ1) is 8.62. The Kier molecular flexibility index (Phi) is 4.74. The molecule has 1 fully saturated rings. The van der Waals surface area contributed by atoms with Gasteiger partial charge in [0.2, 0.25) is 10.0 Å². The number of nitrogens with one attached hydrogen (secondary N) is 2. The number of ether oxygens (including phenoxy) is 1. The van der Waals surface area contributed by atoms with E-state index >= 15 is 0 Å². The number of thiophene rings is 1. The van der Waals surface area contributed by atoms with E-state index in [-0.39, 0.29) is 0 Å². The van der Waals surface area contributed by atoms with Crippen molar-refractivity contribution in [1.82, 2.24) is 10.0 Å². The van der Waals surface area contributed by atoms with Crippen molar-refractivity contribution in [2.24, 2.45) is 5.92 Å². The molecule has 0 amide bonds. The van der Waals surface area contributed by atoms with Gasteiger partial charge in [-0.25, -0.2) is 13.1 Å².